The van der Waals surface area contributed by atoms with Gasteiger partial charge in [0.25, 0.3) is 0 Å². The first kappa shape index (κ1) is 27.1. The van der Waals surface area contributed by atoms with Gasteiger partial charge in [0.2, 0.25) is 0 Å². The van der Waals surface area contributed by atoms with Gasteiger partial charge in [0.15, 0.2) is 11.5 Å². The SMILES string of the molecule is COc1cccc(Oc2ccc(Nc3c(C#N)cnc4c(OC)c(OCCCN5CCOCC5)ccc34)cc2)c1. The lowest BCUT2D eigenvalue weighted by molar-refractivity contribution is 0.0357. The molecule has 0 atom stereocenters. The fourth-order valence-corrected chi connectivity index (χ4v) is 4.60. The highest BCUT2D eigenvalue weighted by molar-refractivity contribution is 5.99. The van der Waals surface area contributed by atoms with E-state index in [1.165, 1.54) is 0 Å². The Kier molecular flexibility index (Phi) is 8.81. The zero-order chi connectivity index (χ0) is 27.7. The summed E-state index contributed by atoms with van der Waals surface area (Å²) in [5.74, 6) is 3.24. The number of rotatable bonds is 11. The molecule has 40 heavy (non-hydrogen) atoms. The van der Waals surface area contributed by atoms with Crippen molar-refractivity contribution in [2.24, 2.45) is 0 Å². The van der Waals surface area contributed by atoms with Crippen molar-refractivity contribution in [3.63, 3.8) is 0 Å². The normalized spacial score (nSPS) is 13.4. The third kappa shape index (κ3) is 6.37. The van der Waals surface area contributed by atoms with Gasteiger partial charge in [0, 0.05) is 43.0 Å². The van der Waals surface area contributed by atoms with Gasteiger partial charge in [-0.25, -0.2) is 0 Å². The van der Waals surface area contributed by atoms with Crippen LogP contribution in [0, 0.1) is 11.3 Å². The van der Waals surface area contributed by atoms with Crippen LogP contribution >= 0.6 is 0 Å². The second-order valence-electron chi connectivity index (χ2n) is 9.24. The molecule has 4 aromatic rings. The molecule has 0 amide bonds. The number of ether oxygens (including phenoxy) is 5. The van der Waals surface area contributed by atoms with E-state index in [1.54, 1.807) is 20.4 Å². The average Bonchev–Trinajstić information content (AvgIpc) is 3.00. The number of nitrogens with zero attached hydrogens (tertiary/aromatic N) is 3. The predicted octanol–water partition coefficient (Wildman–Crippen LogP) is 5.76. The molecule has 1 saturated heterocycles. The van der Waals surface area contributed by atoms with Gasteiger partial charge >= 0.3 is 0 Å². The molecular weight excluding hydrogens is 508 g/mol. The monoisotopic (exact) mass is 540 g/mol. The van der Waals surface area contributed by atoms with Gasteiger partial charge in [-0.1, -0.05) is 6.07 Å². The molecule has 2 heterocycles. The Labute approximate surface area is 233 Å². The smallest absolute Gasteiger partial charge is 0.187 e. The highest BCUT2D eigenvalue weighted by Gasteiger charge is 2.17. The van der Waals surface area contributed by atoms with E-state index in [-0.39, 0.29) is 0 Å². The van der Waals surface area contributed by atoms with E-state index in [0.29, 0.717) is 46.4 Å². The number of anilines is 2. The van der Waals surface area contributed by atoms with Crippen LogP contribution in [0.5, 0.6) is 28.7 Å². The molecule has 1 fully saturated rings. The van der Waals surface area contributed by atoms with Gasteiger partial charge < -0.3 is 29.0 Å². The van der Waals surface area contributed by atoms with Crippen LogP contribution in [0.4, 0.5) is 11.4 Å². The summed E-state index contributed by atoms with van der Waals surface area (Å²) in [6, 6.07) is 21.0. The molecule has 206 valence electrons. The van der Waals surface area contributed by atoms with Crippen LogP contribution in [0.15, 0.2) is 66.9 Å². The van der Waals surface area contributed by atoms with Gasteiger partial charge in [0.1, 0.15) is 28.8 Å². The van der Waals surface area contributed by atoms with Crippen LogP contribution in [0.1, 0.15) is 12.0 Å². The quantitative estimate of drug-likeness (QED) is 0.238. The topological polar surface area (TPSA) is 98.1 Å². The Hall–Kier alpha value is -4.52. The van der Waals surface area contributed by atoms with Gasteiger partial charge in [-0.05, 0) is 55.0 Å². The standard InChI is InChI=1S/C31H32N4O5/c1-36-25-5-3-6-26(19-25)40-24-9-7-23(8-10-24)34-29-22(20-32)21-33-30-27(29)11-12-28(31(30)37-2)39-16-4-13-35-14-17-38-18-15-35/h3,5-12,19,21H,4,13-18H2,1-2H3,(H,33,34). The predicted molar refractivity (Wildman–Crippen MR) is 153 cm³/mol. The van der Waals surface area contributed by atoms with Crippen molar-refractivity contribution < 1.29 is 23.7 Å². The lowest BCUT2D eigenvalue weighted by Crippen LogP contribution is -2.37. The fraction of sp³-hybridized carbons (Fsp3) is 0.290. The van der Waals surface area contributed by atoms with Crippen LogP contribution in [-0.2, 0) is 4.74 Å². The number of benzene rings is 3. The first-order valence-corrected chi connectivity index (χ1v) is 13.2. The van der Waals surface area contributed by atoms with E-state index in [1.807, 2.05) is 60.7 Å². The zero-order valence-electron chi connectivity index (χ0n) is 22.7. The lowest BCUT2D eigenvalue weighted by atomic mass is 10.1. The number of fused-ring (bicyclic) bond motifs is 1. The molecule has 3 aromatic carbocycles. The molecule has 0 radical (unpaired) electrons. The molecule has 1 aliphatic rings. The van der Waals surface area contributed by atoms with E-state index in [2.05, 4.69) is 21.3 Å². The molecule has 1 N–H and O–H groups in total. The second-order valence-corrected chi connectivity index (χ2v) is 9.24. The summed E-state index contributed by atoms with van der Waals surface area (Å²) in [6.45, 7) is 5.00. The molecular formula is C31H32N4O5. The van der Waals surface area contributed by atoms with Crippen molar-refractivity contribution in [2.75, 3.05) is 59.0 Å². The Morgan fingerprint density at radius 3 is 2.52 bits per heavy atom. The van der Waals surface area contributed by atoms with Crippen molar-refractivity contribution in [1.29, 1.82) is 5.26 Å². The number of morpholine rings is 1. The molecule has 0 saturated carbocycles. The van der Waals surface area contributed by atoms with Crippen molar-refractivity contribution in [3.8, 4) is 34.8 Å². The van der Waals surface area contributed by atoms with Crippen LogP contribution < -0.4 is 24.3 Å². The third-order valence-corrected chi connectivity index (χ3v) is 6.66. The summed E-state index contributed by atoms with van der Waals surface area (Å²) in [5.41, 5.74) is 2.48. The summed E-state index contributed by atoms with van der Waals surface area (Å²) in [6.07, 6.45) is 2.45. The summed E-state index contributed by atoms with van der Waals surface area (Å²) < 4.78 is 28.4. The Bertz CT molecular complexity index is 1480. The molecule has 9 heteroatoms. The number of hydrogen-bond donors (Lipinski definition) is 1. The van der Waals surface area contributed by atoms with Crippen LogP contribution in [0.3, 0.4) is 0 Å². The van der Waals surface area contributed by atoms with Crippen molar-refractivity contribution in [1.82, 2.24) is 9.88 Å². The molecule has 0 aliphatic carbocycles. The van der Waals surface area contributed by atoms with Gasteiger partial charge in [-0.2, -0.15) is 5.26 Å². The van der Waals surface area contributed by atoms with Crippen LogP contribution in [0.25, 0.3) is 10.9 Å². The highest BCUT2D eigenvalue weighted by atomic mass is 16.5. The van der Waals surface area contributed by atoms with E-state index >= 15 is 0 Å². The number of nitriles is 1. The zero-order valence-corrected chi connectivity index (χ0v) is 22.7. The van der Waals surface area contributed by atoms with E-state index in [9.17, 15) is 5.26 Å². The summed E-state index contributed by atoms with van der Waals surface area (Å²) >= 11 is 0. The van der Waals surface area contributed by atoms with Crippen molar-refractivity contribution in [2.45, 2.75) is 6.42 Å². The number of hydrogen-bond acceptors (Lipinski definition) is 9. The maximum Gasteiger partial charge on any atom is 0.187 e. The average molecular weight is 541 g/mol. The number of methoxy groups -OCH3 is 2. The molecule has 5 rings (SSSR count). The van der Waals surface area contributed by atoms with Crippen molar-refractivity contribution >= 4 is 22.3 Å². The minimum absolute atomic E-state index is 0.422. The molecule has 0 bridgehead atoms. The summed E-state index contributed by atoms with van der Waals surface area (Å²) in [4.78, 5) is 6.92. The Morgan fingerprint density at radius 1 is 0.975 bits per heavy atom. The molecule has 1 aliphatic heterocycles. The van der Waals surface area contributed by atoms with Crippen LogP contribution in [0.2, 0.25) is 0 Å². The van der Waals surface area contributed by atoms with Crippen molar-refractivity contribution in [3.05, 3.63) is 72.4 Å². The third-order valence-electron chi connectivity index (χ3n) is 6.66. The highest BCUT2D eigenvalue weighted by Crippen LogP contribution is 2.39. The minimum atomic E-state index is 0.422. The maximum atomic E-state index is 9.81. The summed E-state index contributed by atoms with van der Waals surface area (Å²) in [7, 11) is 3.22. The first-order valence-electron chi connectivity index (χ1n) is 13.2. The second kappa shape index (κ2) is 13.0. The number of nitrogens with one attached hydrogen (secondary N) is 1. The number of pyridine rings is 1. The molecule has 9 nitrogen and oxygen atoms in total. The van der Waals surface area contributed by atoms with Gasteiger partial charge in [0.05, 0.1) is 45.3 Å². The minimum Gasteiger partial charge on any atom is -0.497 e. The Morgan fingerprint density at radius 2 is 1.77 bits per heavy atom. The molecule has 1 aromatic heterocycles. The summed E-state index contributed by atoms with van der Waals surface area (Å²) in [5, 5.41) is 14.0. The van der Waals surface area contributed by atoms with E-state index in [0.717, 1.165) is 56.1 Å². The molecule has 0 spiro atoms. The number of aromatic nitrogens is 1. The maximum absolute atomic E-state index is 9.81. The first-order chi connectivity index (χ1) is 19.7. The van der Waals surface area contributed by atoms with Gasteiger partial charge in [-0.15, -0.1) is 0 Å². The Balaban J connectivity index is 1.32. The van der Waals surface area contributed by atoms with E-state index < -0.39 is 0 Å². The van der Waals surface area contributed by atoms with E-state index in [4.69, 9.17) is 23.7 Å². The van der Waals surface area contributed by atoms with Gasteiger partial charge in [-0.3, -0.25) is 9.88 Å². The molecule has 0 unspecified atom stereocenters. The van der Waals surface area contributed by atoms with Crippen LogP contribution in [-0.4, -0.2) is 63.6 Å². The fourth-order valence-electron chi connectivity index (χ4n) is 4.60. The lowest BCUT2D eigenvalue weighted by Gasteiger charge is -2.26. The largest absolute Gasteiger partial charge is 0.497 e.